The number of benzene rings is 1. The van der Waals surface area contributed by atoms with Gasteiger partial charge in [-0.1, -0.05) is 35.0 Å². The fourth-order valence-corrected chi connectivity index (χ4v) is 2.24. The first-order chi connectivity index (χ1) is 9.90. The summed E-state index contributed by atoms with van der Waals surface area (Å²) in [5, 5.41) is 12.4. The highest BCUT2D eigenvalue weighted by atomic mass is 35.5. The minimum Gasteiger partial charge on any atom is -0.872 e. The van der Waals surface area contributed by atoms with E-state index in [9.17, 15) is 14.7 Å². The van der Waals surface area contributed by atoms with Gasteiger partial charge in [-0.3, -0.25) is 4.79 Å². The first-order valence-electron chi connectivity index (χ1n) is 5.88. The lowest BCUT2D eigenvalue weighted by Crippen LogP contribution is -2.16. The molecule has 0 unspecified atom stereocenters. The molecule has 6 heteroatoms. The van der Waals surface area contributed by atoms with Crippen LogP contribution in [0.5, 0.6) is 5.75 Å². The van der Waals surface area contributed by atoms with Gasteiger partial charge in [-0.25, -0.2) is 4.79 Å². The maximum absolute atomic E-state index is 12.0. The number of carbonyl (C=O) groups excluding carboxylic acids is 1. The van der Waals surface area contributed by atoms with Crippen molar-refractivity contribution in [1.29, 1.82) is 0 Å². The van der Waals surface area contributed by atoms with E-state index in [-0.39, 0.29) is 5.76 Å². The van der Waals surface area contributed by atoms with Crippen molar-refractivity contribution in [3.8, 4) is 5.75 Å². The molecule has 0 atom stereocenters. The third-order valence-electron chi connectivity index (χ3n) is 2.69. The van der Waals surface area contributed by atoms with Gasteiger partial charge in [0.1, 0.15) is 5.76 Å². The second kappa shape index (κ2) is 6.16. The van der Waals surface area contributed by atoms with Crippen LogP contribution in [0.4, 0.5) is 0 Å². The lowest BCUT2D eigenvalue weighted by molar-refractivity contribution is -0.269. The Hall–Kier alpha value is -2.04. The average molecular weight is 324 g/mol. The van der Waals surface area contributed by atoms with Crippen LogP contribution in [0.1, 0.15) is 21.7 Å². The topological polar surface area (TPSA) is 70.3 Å². The SMILES string of the molecule is Cc1cc([O-])c(C(=O)/C=C/c2c(Cl)cccc2Cl)c(=O)o1. The summed E-state index contributed by atoms with van der Waals surface area (Å²) in [7, 11) is 0. The number of ketones is 1. The zero-order valence-corrected chi connectivity index (χ0v) is 12.4. The number of hydrogen-bond donors (Lipinski definition) is 0. The standard InChI is InChI=1S/C15H10Cl2O4/c1-8-7-13(19)14(15(20)21-8)12(18)6-5-9-10(16)3-2-4-11(9)17/h2-7,19H,1H3/p-1/b6-5+. The third-order valence-corrected chi connectivity index (χ3v) is 3.35. The van der Waals surface area contributed by atoms with Crippen LogP contribution in [-0.4, -0.2) is 5.78 Å². The van der Waals surface area contributed by atoms with Gasteiger partial charge in [0.15, 0.2) is 5.78 Å². The number of hydrogen-bond acceptors (Lipinski definition) is 4. The molecule has 4 nitrogen and oxygen atoms in total. The molecule has 108 valence electrons. The molecule has 1 heterocycles. The first-order valence-corrected chi connectivity index (χ1v) is 6.64. The molecule has 0 fully saturated rings. The van der Waals surface area contributed by atoms with Crippen LogP contribution in [0, 0.1) is 6.92 Å². The van der Waals surface area contributed by atoms with E-state index in [1.165, 1.54) is 13.0 Å². The van der Waals surface area contributed by atoms with Gasteiger partial charge in [-0.05, 0) is 37.3 Å². The summed E-state index contributed by atoms with van der Waals surface area (Å²) in [6.45, 7) is 1.45. The number of aryl methyl sites for hydroxylation is 1. The van der Waals surface area contributed by atoms with Crippen LogP contribution in [-0.2, 0) is 0 Å². The van der Waals surface area contributed by atoms with E-state index < -0.39 is 22.7 Å². The molecule has 0 saturated heterocycles. The van der Waals surface area contributed by atoms with Gasteiger partial charge in [0.25, 0.3) is 0 Å². The Morgan fingerprint density at radius 1 is 1.29 bits per heavy atom. The molecule has 2 rings (SSSR count). The van der Waals surface area contributed by atoms with Crippen molar-refractivity contribution in [2.45, 2.75) is 6.92 Å². The molecule has 0 aliphatic carbocycles. The number of allylic oxidation sites excluding steroid dienone is 1. The van der Waals surface area contributed by atoms with Crippen LogP contribution < -0.4 is 10.7 Å². The quantitative estimate of drug-likeness (QED) is 0.642. The smallest absolute Gasteiger partial charge is 0.346 e. The minimum absolute atomic E-state index is 0.152. The van der Waals surface area contributed by atoms with Crippen LogP contribution in [0.3, 0.4) is 0 Å². The van der Waals surface area contributed by atoms with E-state index in [1.54, 1.807) is 18.2 Å². The van der Waals surface area contributed by atoms with Crippen LogP contribution in [0.25, 0.3) is 6.08 Å². The normalized spacial score (nSPS) is 11.0. The summed E-state index contributed by atoms with van der Waals surface area (Å²) < 4.78 is 4.75. The fraction of sp³-hybridized carbons (Fsp3) is 0.0667. The van der Waals surface area contributed by atoms with Crippen molar-refractivity contribution in [2.24, 2.45) is 0 Å². The van der Waals surface area contributed by atoms with Gasteiger partial charge in [0.05, 0.1) is 5.56 Å². The third kappa shape index (κ3) is 3.35. The molecule has 0 amide bonds. The predicted octanol–water partition coefficient (Wildman–Crippen LogP) is 3.22. The summed E-state index contributed by atoms with van der Waals surface area (Å²) >= 11 is 11.9. The maximum atomic E-state index is 12.0. The van der Waals surface area contributed by atoms with Crippen molar-refractivity contribution < 1.29 is 14.3 Å². The molecule has 0 bridgehead atoms. The average Bonchev–Trinajstić information content (AvgIpc) is 2.36. The molecule has 21 heavy (non-hydrogen) atoms. The molecule has 2 aromatic rings. The Labute approximate surface area is 130 Å². The summed E-state index contributed by atoms with van der Waals surface area (Å²) in [5.74, 6) is -1.28. The van der Waals surface area contributed by atoms with Gasteiger partial charge in [-0.2, -0.15) is 0 Å². The lowest BCUT2D eigenvalue weighted by atomic mass is 10.1. The van der Waals surface area contributed by atoms with E-state index in [1.807, 2.05) is 0 Å². The summed E-state index contributed by atoms with van der Waals surface area (Å²) in [4.78, 5) is 23.5. The van der Waals surface area contributed by atoms with Crippen molar-refractivity contribution >= 4 is 35.1 Å². The number of carbonyl (C=O) groups is 1. The molecule has 0 saturated carbocycles. The van der Waals surface area contributed by atoms with Gasteiger partial charge < -0.3 is 9.52 Å². The maximum Gasteiger partial charge on any atom is 0.346 e. The van der Waals surface area contributed by atoms with E-state index in [2.05, 4.69) is 0 Å². The van der Waals surface area contributed by atoms with Gasteiger partial charge in [0.2, 0.25) is 0 Å². The Morgan fingerprint density at radius 3 is 2.48 bits per heavy atom. The summed E-state index contributed by atoms with van der Waals surface area (Å²) in [5.41, 5.74) is -1.07. The molecule has 0 aliphatic heterocycles. The molecule has 0 aliphatic rings. The zero-order chi connectivity index (χ0) is 15.6. The summed E-state index contributed by atoms with van der Waals surface area (Å²) in [6, 6.07) is 5.97. The second-order valence-corrected chi connectivity index (χ2v) is 5.03. The van der Waals surface area contributed by atoms with Gasteiger partial charge in [0, 0.05) is 15.6 Å². The van der Waals surface area contributed by atoms with Crippen molar-refractivity contribution in [1.82, 2.24) is 0 Å². The lowest BCUT2D eigenvalue weighted by Gasteiger charge is -2.09. The Balaban J connectivity index is 2.39. The largest absolute Gasteiger partial charge is 0.872 e. The monoisotopic (exact) mass is 323 g/mol. The highest BCUT2D eigenvalue weighted by Gasteiger charge is 2.11. The predicted molar refractivity (Wildman–Crippen MR) is 79.0 cm³/mol. The van der Waals surface area contributed by atoms with E-state index in [0.29, 0.717) is 15.6 Å². The van der Waals surface area contributed by atoms with E-state index in [0.717, 1.165) is 12.1 Å². The van der Waals surface area contributed by atoms with Crippen molar-refractivity contribution in [3.63, 3.8) is 0 Å². The molecule has 1 aromatic heterocycles. The molecule has 0 N–H and O–H groups in total. The van der Waals surface area contributed by atoms with E-state index >= 15 is 0 Å². The molecular formula is C15H9Cl2O4-. The van der Waals surface area contributed by atoms with E-state index in [4.69, 9.17) is 27.6 Å². The van der Waals surface area contributed by atoms with Crippen LogP contribution in [0.15, 0.2) is 39.6 Å². The Morgan fingerprint density at radius 2 is 1.90 bits per heavy atom. The molecule has 0 spiro atoms. The minimum atomic E-state index is -0.958. The fourth-order valence-electron chi connectivity index (χ4n) is 1.72. The zero-order valence-electron chi connectivity index (χ0n) is 10.9. The first kappa shape index (κ1) is 15.4. The van der Waals surface area contributed by atoms with Crippen LogP contribution in [0.2, 0.25) is 10.0 Å². The molecule has 1 aromatic carbocycles. The van der Waals surface area contributed by atoms with Crippen LogP contribution >= 0.6 is 23.2 Å². The highest BCUT2D eigenvalue weighted by Crippen LogP contribution is 2.25. The summed E-state index contributed by atoms with van der Waals surface area (Å²) in [6.07, 6.45) is 2.42. The van der Waals surface area contributed by atoms with Gasteiger partial charge >= 0.3 is 5.63 Å². The second-order valence-electron chi connectivity index (χ2n) is 4.22. The Kier molecular flexibility index (Phi) is 4.50. The van der Waals surface area contributed by atoms with Crippen molar-refractivity contribution in [2.75, 3.05) is 0 Å². The Bertz CT molecular complexity index is 770. The number of halogens is 2. The highest BCUT2D eigenvalue weighted by molar-refractivity contribution is 6.37. The molecule has 0 radical (unpaired) electrons. The van der Waals surface area contributed by atoms with Crippen molar-refractivity contribution in [3.05, 3.63) is 67.7 Å². The van der Waals surface area contributed by atoms with Gasteiger partial charge in [-0.15, -0.1) is 0 Å². The number of rotatable bonds is 3. The molecular weight excluding hydrogens is 315 g/mol.